The van der Waals surface area contributed by atoms with Crippen molar-refractivity contribution in [1.29, 1.82) is 0 Å². The highest BCUT2D eigenvalue weighted by atomic mass is 35.5. The molecule has 5 heteroatoms. The van der Waals surface area contributed by atoms with Crippen LogP contribution in [0.1, 0.15) is 16.1 Å². The van der Waals surface area contributed by atoms with Gasteiger partial charge in [0.15, 0.2) is 0 Å². The molecule has 2 N–H and O–H groups in total. The first-order valence-electron chi connectivity index (χ1n) is 3.15. The van der Waals surface area contributed by atoms with Crippen LogP contribution >= 0.6 is 23.2 Å². The Balaban J connectivity index is 3.38. The lowest BCUT2D eigenvalue weighted by atomic mass is 10.2. The fraction of sp³-hybridized carbons (Fsp3) is 0.143. The Morgan fingerprint density at radius 2 is 2.17 bits per heavy atom. The van der Waals surface area contributed by atoms with Gasteiger partial charge in [-0.05, 0) is 13.0 Å². The van der Waals surface area contributed by atoms with E-state index in [0.717, 1.165) is 0 Å². The molecule has 0 spiro atoms. The number of amides is 1. The Kier molecular flexibility index (Phi) is 2.55. The molecule has 0 aromatic carbocycles. The van der Waals surface area contributed by atoms with Crippen molar-refractivity contribution in [3.05, 3.63) is 27.5 Å². The molecule has 0 fully saturated rings. The molecule has 1 heterocycles. The van der Waals surface area contributed by atoms with Crippen molar-refractivity contribution in [2.24, 2.45) is 5.73 Å². The van der Waals surface area contributed by atoms with E-state index in [1.54, 1.807) is 6.92 Å². The van der Waals surface area contributed by atoms with Crippen molar-refractivity contribution < 1.29 is 4.79 Å². The predicted molar refractivity (Wildman–Crippen MR) is 47.5 cm³/mol. The number of nitrogens with two attached hydrogens (primary N) is 1. The smallest absolute Gasteiger partial charge is 0.252 e. The van der Waals surface area contributed by atoms with E-state index in [1.807, 2.05) is 0 Å². The molecule has 0 unspecified atom stereocenters. The number of rotatable bonds is 1. The van der Waals surface area contributed by atoms with Gasteiger partial charge in [-0.2, -0.15) is 0 Å². The lowest BCUT2D eigenvalue weighted by Gasteiger charge is -2.02. The van der Waals surface area contributed by atoms with Gasteiger partial charge in [0.1, 0.15) is 5.15 Å². The molecule has 0 aliphatic carbocycles. The largest absolute Gasteiger partial charge is 0.365 e. The Labute approximate surface area is 79.5 Å². The minimum absolute atomic E-state index is 0.223. The minimum Gasteiger partial charge on any atom is -0.365 e. The maximum atomic E-state index is 10.8. The van der Waals surface area contributed by atoms with E-state index in [1.165, 1.54) is 6.07 Å². The summed E-state index contributed by atoms with van der Waals surface area (Å²) in [6, 6.07) is 1.39. The summed E-state index contributed by atoms with van der Waals surface area (Å²) in [4.78, 5) is 14.6. The van der Waals surface area contributed by atoms with E-state index in [9.17, 15) is 4.79 Å². The van der Waals surface area contributed by atoms with Gasteiger partial charge in [-0.15, -0.1) is 0 Å². The predicted octanol–water partition coefficient (Wildman–Crippen LogP) is 1.80. The summed E-state index contributed by atoms with van der Waals surface area (Å²) in [6.07, 6.45) is 0. The average molecular weight is 205 g/mol. The number of carbonyl (C=O) groups is 1. The number of aryl methyl sites for hydroxylation is 1. The fourth-order valence-corrected chi connectivity index (χ4v) is 1.52. The number of hydrogen-bond acceptors (Lipinski definition) is 2. The molecule has 0 bridgehead atoms. The SMILES string of the molecule is Cc1nc(Cl)cc(Cl)c1C(N)=O. The molecular weight excluding hydrogens is 199 g/mol. The van der Waals surface area contributed by atoms with Crippen LogP contribution in [-0.4, -0.2) is 10.9 Å². The second-order valence-electron chi connectivity index (χ2n) is 2.25. The molecule has 64 valence electrons. The highest BCUT2D eigenvalue weighted by molar-refractivity contribution is 6.36. The first-order valence-corrected chi connectivity index (χ1v) is 3.90. The van der Waals surface area contributed by atoms with Crippen molar-refractivity contribution in [3.8, 4) is 0 Å². The van der Waals surface area contributed by atoms with Crippen molar-refractivity contribution in [3.63, 3.8) is 0 Å². The second-order valence-corrected chi connectivity index (χ2v) is 3.05. The van der Waals surface area contributed by atoms with Crippen LogP contribution in [0.25, 0.3) is 0 Å². The minimum atomic E-state index is -0.596. The van der Waals surface area contributed by atoms with Crippen LogP contribution in [0.2, 0.25) is 10.2 Å². The second kappa shape index (κ2) is 3.29. The van der Waals surface area contributed by atoms with Gasteiger partial charge < -0.3 is 5.73 Å². The van der Waals surface area contributed by atoms with Gasteiger partial charge in [0.05, 0.1) is 16.3 Å². The molecule has 1 amide bonds. The molecule has 3 nitrogen and oxygen atoms in total. The van der Waals surface area contributed by atoms with E-state index < -0.39 is 5.91 Å². The number of nitrogens with zero attached hydrogens (tertiary/aromatic N) is 1. The van der Waals surface area contributed by atoms with Gasteiger partial charge in [-0.25, -0.2) is 4.98 Å². The van der Waals surface area contributed by atoms with Crippen molar-refractivity contribution >= 4 is 29.1 Å². The van der Waals surface area contributed by atoms with Crippen molar-refractivity contribution in [2.75, 3.05) is 0 Å². The van der Waals surface area contributed by atoms with Crippen molar-refractivity contribution in [1.82, 2.24) is 4.98 Å². The fourth-order valence-electron chi connectivity index (χ4n) is 0.894. The third-order valence-electron chi connectivity index (χ3n) is 1.37. The van der Waals surface area contributed by atoms with Gasteiger partial charge in [0, 0.05) is 0 Å². The van der Waals surface area contributed by atoms with Crippen LogP contribution in [0.3, 0.4) is 0 Å². The molecule has 0 saturated heterocycles. The number of carbonyl (C=O) groups excluding carboxylic acids is 1. The summed E-state index contributed by atoms with van der Waals surface area (Å²) >= 11 is 11.3. The Bertz CT molecular complexity index is 315. The summed E-state index contributed by atoms with van der Waals surface area (Å²) < 4.78 is 0. The summed E-state index contributed by atoms with van der Waals surface area (Å²) in [6.45, 7) is 1.62. The number of aromatic nitrogens is 1. The molecule has 0 aliphatic rings. The lowest BCUT2D eigenvalue weighted by molar-refractivity contribution is 0.0999. The molecule has 0 radical (unpaired) electrons. The Morgan fingerprint density at radius 1 is 1.58 bits per heavy atom. The van der Waals surface area contributed by atoms with Crippen LogP contribution < -0.4 is 5.73 Å². The molecule has 1 aromatic heterocycles. The van der Waals surface area contributed by atoms with Crippen LogP contribution in [0.15, 0.2) is 6.07 Å². The number of primary amides is 1. The third-order valence-corrected chi connectivity index (χ3v) is 1.86. The molecule has 0 atom stereocenters. The van der Waals surface area contributed by atoms with Crippen LogP contribution in [0.4, 0.5) is 0 Å². The average Bonchev–Trinajstić information content (AvgIpc) is 1.82. The van der Waals surface area contributed by atoms with Crippen LogP contribution in [0, 0.1) is 6.92 Å². The molecule has 0 saturated carbocycles. The molecule has 0 aliphatic heterocycles. The monoisotopic (exact) mass is 204 g/mol. The van der Waals surface area contributed by atoms with E-state index in [4.69, 9.17) is 28.9 Å². The first kappa shape index (κ1) is 9.29. The topological polar surface area (TPSA) is 56.0 Å². The molecule has 12 heavy (non-hydrogen) atoms. The van der Waals surface area contributed by atoms with Gasteiger partial charge in [0.25, 0.3) is 5.91 Å². The summed E-state index contributed by atoms with van der Waals surface area (Å²) in [5.41, 5.74) is 5.73. The van der Waals surface area contributed by atoms with Gasteiger partial charge in [-0.3, -0.25) is 4.79 Å². The molecule has 1 rings (SSSR count). The van der Waals surface area contributed by atoms with E-state index in [-0.39, 0.29) is 15.7 Å². The zero-order valence-electron chi connectivity index (χ0n) is 6.27. The van der Waals surface area contributed by atoms with E-state index in [2.05, 4.69) is 4.98 Å². The number of pyridine rings is 1. The summed E-state index contributed by atoms with van der Waals surface area (Å²) in [5.74, 6) is -0.596. The Morgan fingerprint density at radius 3 is 2.58 bits per heavy atom. The van der Waals surface area contributed by atoms with Gasteiger partial charge in [0.2, 0.25) is 0 Å². The highest BCUT2D eigenvalue weighted by Gasteiger charge is 2.11. The normalized spacial score (nSPS) is 9.92. The first-order chi connectivity index (χ1) is 5.52. The number of halogens is 2. The van der Waals surface area contributed by atoms with E-state index in [0.29, 0.717) is 5.69 Å². The van der Waals surface area contributed by atoms with E-state index >= 15 is 0 Å². The lowest BCUT2D eigenvalue weighted by Crippen LogP contribution is -2.14. The summed E-state index contributed by atoms with van der Waals surface area (Å²) in [5, 5.41) is 0.488. The van der Waals surface area contributed by atoms with Gasteiger partial charge >= 0.3 is 0 Å². The zero-order chi connectivity index (χ0) is 9.30. The zero-order valence-corrected chi connectivity index (χ0v) is 7.78. The number of hydrogen-bond donors (Lipinski definition) is 1. The maximum Gasteiger partial charge on any atom is 0.252 e. The third kappa shape index (κ3) is 1.68. The standard InChI is InChI=1S/C7H6Cl2N2O/c1-3-6(7(10)12)4(8)2-5(9)11-3/h2H,1H3,(H2,10,12). The van der Waals surface area contributed by atoms with Gasteiger partial charge in [-0.1, -0.05) is 23.2 Å². The Hall–Kier alpha value is -0.800. The van der Waals surface area contributed by atoms with Crippen LogP contribution in [-0.2, 0) is 0 Å². The highest BCUT2D eigenvalue weighted by Crippen LogP contribution is 2.21. The van der Waals surface area contributed by atoms with Crippen LogP contribution in [0.5, 0.6) is 0 Å². The maximum absolute atomic E-state index is 10.8. The summed E-state index contributed by atoms with van der Waals surface area (Å²) in [7, 11) is 0. The molecule has 1 aromatic rings. The van der Waals surface area contributed by atoms with Crippen molar-refractivity contribution in [2.45, 2.75) is 6.92 Å². The molecular formula is C7H6Cl2N2O. The quantitative estimate of drug-likeness (QED) is 0.710.